The summed E-state index contributed by atoms with van der Waals surface area (Å²) in [5.74, 6) is 0. The predicted molar refractivity (Wildman–Crippen MR) is 86.2 cm³/mol. The van der Waals surface area contributed by atoms with Crippen molar-refractivity contribution in [3.05, 3.63) is 53.7 Å². The summed E-state index contributed by atoms with van der Waals surface area (Å²) < 4.78 is 0. The van der Waals surface area contributed by atoms with Crippen molar-refractivity contribution in [1.82, 2.24) is 10.3 Å². The molecule has 0 fully saturated rings. The zero-order chi connectivity index (χ0) is 14.4. The van der Waals surface area contributed by atoms with Gasteiger partial charge in [0.1, 0.15) is 5.03 Å². The molecule has 0 aliphatic heterocycles. The molecule has 106 valence electrons. The quantitative estimate of drug-likeness (QED) is 0.840. The summed E-state index contributed by atoms with van der Waals surface area (Å²) in [5.41, 5.74) is 2.54. The van der Waals surface area contributed by atoms with Crippen LogP contribution >= 0.6 is 11.8 Å². The first-order valence-electron chi connectivity index (χ1n) is 7.13. The molecule has 0 aliphatic rings. The topological polar surface area (TPSA) is 24.9 Å². The van der Waals surface area contributed by atoms with Crippen LogP contribution in [0.2, 0.25) is 0 Å². The lowest BCUT2D eigenvalue weighted by Crippen LogP contribution is -2.19. The Balaban J connectivity index is 2.03. The smallest absolute Gasteiger partial charge is 0.101 e. The van der Waals surface area contributed by atoms with Gasteiger partial charge in [0.25, 0.3) is 0 Å². The summed E-state index contributed by atoms with van der Waals surface area (Å²) in [5, 5.41) is 4.53. The normalized spacial score (nSPS) is 12.3. The van der Waals surface area contributed by atoms with Crippen molar-refractivity contribution in [2.75, 3.05) is 6.54 Å². The number of hydrogen-bond donors (Lipinski definition) is 1. The van der Waals surface area contributed by atoms with Crippen molar-refractivity contribution < 1.29 is 0 Å². The molecule has 2 rings (SSSR count). The molecule has 2 nitrogen and oxygen atoms in total. The summed E-state index contributed by atoms with van der Waals surface area (Å²) in [7, 11) is 0. The van der Waals surface area contributed by atoms with Crippen LogP contribution in [-0.4, -0.2) is 11.5 Å². The van der Waals surface area contributed by atoms with Crippen molar-refractivity contribution >= 4 is 11.8 Å². The Morgan fingerprint density at radius 2 is 2.00 bits per heavy atom. The van der Waals surface area contributed by atoms with Crippen molar-refractivity contribution in [3.63, 3.8) is 0 Å². The van der Waals surface area contributed by atoms with Crippen LogP contribution in [0.15, 0.2) is 52.5 Å². The van der Waals surface area contributed by atoms with Crippen LogP contribution in [-0.2, 0) is 0 Å². The molecule has 1 atom stereocenters. The molecule has 1 heterocycles. The van der Waals surface area contributed by atoms with E-state index in [1.165, 1.54) is 16.0 Å². The fourth-order valence-corrected chi connectivity index (χ4v) is 2.81. The maximum Gasteiger partial charge on any atom is 0.101 e. The highest BCUT2D eigenvalue weighted by Crippen LogP contribution is 2.28. The highest BCUT2D eigenvalue weighted by molar-refractivity contribution is 7.99. The van der Waals surface area contributed by atoms with E-state index in [1.807, 2.05) is 6.20 Å². The van der Waals surface area contributed by atoms with Crippen LogP contribution in [0.25, 0.3) is 0 Å². The number of pyridine rings is 1. The van der Waals surface area contributed by atoms with E-state index in [1.54, 1.807) is 11.8 Å². The minimum atomic E-state index is 0.361. The van der Waals surface area contributed by atoms with Gasteiger partial charge >= 0.3 is 0 Å². The molecule has 2 aromatic rings. The van der Waals surface area contributed by atoms with Gasteiger partial charge in [-0.25, -0.2) is 4.98 Å². The van der Waals surface area contributed by atoms with Gasteiger partial charge in [-0.3, -0.25) is 0 Å². The van der Waals surface area contributed by atoms with Gasteiger partial charge in [-0.2, -0.15) is 0 Å². The van der Waals surface area contributed by atoms with E-state index in [0.717, 1.165) is 18.0 Å². The van der Waals surface area contributed by atoms with E-state index < -0.39 is 0 Å². The van der Waals surface area contributed by atoms with Gasteiger partial charge < -0.3 is 5.32 Å². The monoisotopic (exact) mass is 286 g/mol. The van der Waals surface area contributed by atoms with Crippen LogP contribution in [0, 0.1) is 6.92 Å². The van der Waals surface area contributed by atoms with Crippen molar-refractivity contribution in [2.24, 2.45) is 0 Å². The van der Waals surface area contributed by atoms with E-state index in [0.29, 0.717) is 6.04 Å². The van der Waals surface area contributed by atoms with Crippen LogP contribution in [0.3, 0.4) is 0 Å². The molecule has 1 aromatic heterocycles. The molecule has 1 N–H and O–H groups in total. The Hall–Kier alpha value is -1.32. The van der Waals surface area contributed by atoms with Gasteiger partial charge in [-0.1, -0.05) is 43.0 Å². The van der Waals surface area contributed by atoms with Crippen molar-refractivity contribution in [3.8, 4) is 0 Å². The lowest BCUT2D eigenvalue weighted by atomic mass is 10.1. The van der Waals surface area contributed by atoms with Crippen molar-refractivity contribution in [2.45, 2.75) is 43.2 Å². The van der Waals surface area contributed by atoms with E-state index in [9.17, 15) is 0 Å². The van der Waals surface area contributed by atoms with Crippen LogP contribution in [0.5, 0.6) is 0 Å². The molecule has 0 spiro atoms. The Kier molecular flexibility index (Phi) is 5.62. The van der Waals surface area contributed by atoms with E-state index >= 15 is 0 Å². The molecule has 1 unspecified atom stereocenters. The maximum absolute atomic E-state index is 4.57. The summed E-state index contributed by atoms with van der Waals surface area (Å²) >= 11 is 1.72. The van der Waals surface area contributed by atoms with E-state index in [-0.39, 0.29) is 0 Å². The molecular formula is C17H22N2S. The fraction of sp³-hybridized carbons (Fsp3) is 0.353. The third-order valence-electron chi connectivity index (χ3n) is 3.27. The SMILES string of the molecule is CCCNC(C)c1ccc(Sc2ccccc2C)nc1. The Morgan fingerprint density at radius 1 is 1.20 bits per heavy atom. The molecule has 20 heavy (non-hydrogen) atoms. The van der Waals surface area contributed by atoms with E-state index in [4.69, 9.17) is 0 Å². The summed E-state index contributed by atoms with van der Waals surface area (Å²) in [4.78, 5) is 5.84. The number of aromatic nitrogens is 1. The first kappa shape index (κ1) is 15.1. The lowest BCUT2D eigenvalue weighted by molar-refractivity contribution is 0.568. The second kappa shape index (κ2) is 7.46. The zero-order valence-electron chi connectivity index (χ0n) is 12.4. The molecular weight excluding hydrogens is 264 g/mol. The van der Waals surface area contributed by atoms with Gasteiger partial charge in [-0.05, 0) is 50.1 Å². The van der Waals surface area contributed by atoms with Crippen LogP contribution in [0.1, 0.15) is 37.4 Å². The number of benzene rings is 1. The zero-order valence-corrected chi connectivity index (χ0v) is 13.2. The molecule has 0 amide bonds. The Labute approximate surface area is 126 Å². The second-order valence-corrected chi connectivity index (χ2v) is 6.04. The number of aryl methyl sites for hydroxylation is 1. The number of hydrogen-bond acceptors (Lipinski definition) is 3. The molecule has 0 bridgehead atoms. The van der Waals surface area contributed by atoms with Gasteiger partial charge in [0.05, 0.1) is 0 Å². The highest BCUT2D eigenvalue weighted by atomic mass is 32.2. The minimum Gasteiger partial charge on any atom is -0.310 e. The predicted octanol–water partition coefficient (Wildman–Crippen LogP) is 4.60. The molecule has 0 saturated carbocycles. The molecule has 1 aromatic carbocycles. The van der Waals surface area contributed by atoms with Crippen LogP contribution < -0.4 is 5.32 Å². The Morgan fingerprint density at radius 3 is 2.65 bits per heavy atom. The van der Waals surface area contributed by atoms with Gasteiger partial charge in [0.15, 0.2) is 0 Å². The second-order valence-electron chi connectivity index (χ2n) is 4.97. The third kappa shape index (κ3) is 4.09. The van der Waals surface area contributed by atoms with Gasteiger partial charge in [0.2, 0.25) is 0 Å². The summed E-state index contributed by atoms with van der Waals surface area (Å²) in [6.45, 7) is 7.54. The number of rotatable bonds is 6. The first-order valence-corrected chi connectivity index (χ1v) is 7.95. The average Bonchev–Trinajstić information content (AvgIpc) is 2.48. The summed E-state index contributed by atoms with van der Waals surface area (Å²) in [6.07, 6.45) is 3.13. The maximum atomic E-state index is 4.57. The standard InChI is InChI=1S/C17H22N2S/c1-4-11-18-14(3)15-9-10-17(19-12-15)20-16-8-6-5-7-13(16)2/h5-10,12,14,18H,4,11H2,1-3H3. The third-order valence-corrected chi connectivity index (χ3v) is 4.40. The number of nitrogens with one attached hydrogen (secondary N) is 1. The minimum absolute atomic E-state index is 0.361. The molecule has 0 radical (unpaired) electrons. The fourth-order valence-electron chi connectivity index (χ4n) is 1.97. The average molecular weight is 286 g/mol. The van der Waals surface area contributed by atoms with Crippen molar-refractivity contribution in [1.29, 1.82) is 0 Å². The first-order chi connectivity index (χ1) is 9.70. The highest BCUT2D eigenvalue weighted by Gasteiger charge is 2.06. The molecule has 0 saturated heterocycles. The van der Waals surface area contributed by atoms with Crippen LogP contribution in [0.4, 0.5) is 0 Å². The number of nitrogens with zero attached hydrogens (tertiary/aromatic N) is 1. The van der Waals surface area contributed by atoms with Gasteiger partial charge in [0, 0.05) is 17.1 Å². The van der Waals surface area contributed by atoms with Gasteiger partial charge in [-0.15, -0.1) is 0 Å². The lowest BCUT2D eigenvalue weighted by Gasteiger charge is -2.13. The largest absolute Gasteiger partial charge is 0.310 e. The molecule has 3 heteroatoms. The van der Waals surface area contributed by atoms with E-state index in [2.05, 4.69) is 67.5 Å². The molecule has 0 aliphatic carbocycles. The Bertz CT molecular complexity index is 537. The summed E-state index contributed by atoms with van der Waals surface area (Å²) in [6, 6.07) is 13.0.